The van der Waals surface area contributed by atoms with Gasteiger partial charge in [-0.05, 0) is 36.4 Å². The first-order chi connectivity index (χ1) is 17.7. The van der Waals surface area contributed by atoms with Crippen LogP contribution in [0.25, 0.3) is 26.1 Å². The van der Waals surface area contributed by atoms with E-state index >= 15 is 0 Å². The van der Waals surface area contributed by atoms with Gasteiger partial charge >= 0.3 is 0 Å². The lowest BCUT2D eigenvalue weighted by Crippen LogP contribution is -2.37. The number of ether oxygens (including phenoxy) is 1. The number of fused-ring (bicyclic) bond motifs is 5. The number of nitrogens with zero attached hydrogens (tertiary/aromatic N) is 4. The molecule has 1 aliphatic heterocycles. The SMILES string of the molecule is O=C(NCCNc1ccncc1)c1c(=O)c2ccc(N3CCOCC3)nc2n2c1sc1ccccc12. The zero-order valence-corrected chi connectivity index (χ0v) is 20.3. The maximum Gasteiger partial charge on any atom is 0.258 e. The lowest BCUT2D eigenvalue weighted by atomic mass is 10.1. The summed E-state index contributed by atoms with van der Waals surface area (Å²) in [6, 6.07) is 15.3. The molecule has 5 aromatic rings. The number of para-hydroxylation sites is 1. The minimum absolute atomic E-state index is 0.147. The number of anilines is 2. The second-order valence-corrected chi connectivity index (χ2v) is 9.50. The Bertz CT molecular complexity index is 1630. The fraction of sp³-hybridized carbons (Fsp3) is 0.231. The van der Waals surface area contributed by atoms with Crippen LogP contribution in [0.1, 0.15) is 10.4 Å². The zero-order chi connectivity index (χ0) is 24.5. The van der Waals surface area contributed by atoms with E-state index in [0.717, 1.165) is 34.8 Å². The monoisotopic (exact) mass is 500 g/mol. The van der Waals surface area contributed by atoms with Crippen molar-refractivity contribution in [2.24, 2.45) is 0 Å². The van der Waals surface area contributed by atoms with Crippen LogP contribution in [0.15, 0.2) is 65.7 Å². The molecule has 0 aliphatic carbocycles. The summed E-state index contributed by atoms with van der Waals surface area (Å²) in [6.07, 6.45) is 3.40. The van der Waals surface area contributed by atoms with Crippen molar-refractivity contribution in [3.63, 3.8) is 0 Å². The van der Waals surface area contributed by atoms with Gasteiger partial charge in [0, 0.05) is 44.3 Å². The van der Waals surface area contributed by atoms with E-state index in [9.17, 15) is 9.59 Å². The quantitative estimate of drug-likeness (QED) is 0.346. The first-order valence-electron chi connectivity index (χ1n) is 11.8. The van der Waals surface area contributed by atoms with Crippen molar-refractivity contribution in [1.82, 2.24) is 19.7 Å². The number of morpholine rings is 1. The third-order valence-corrected chi connectivity index (χ3v) is 7.40. The molecule has 36 heavy (non-hydrogen) atoms. The Morgan fingerprint density at radius 3 is 2.67 bits per heavy atom. The largest absolute Gasteiger partial charge is 0.383 e. The Morgan fingerprint density at radius 1 is 1.03 bits per heavy atom. The normalized spacial score (nSPS) is 13.9. The van der Waals surface area contributed by atoms with Gasteiger partial charge in [-0.2, -0.15) is 0 Å². The Balaban J connectivity index is 1.41. The summed E-state index contributed by atoms with van der Waals surface area (Å²) >= 11 is 1.43. The number of nitrogens with one attached hydrogen (secondary N) is 2. The van der Waals surface area contributed by atoms with E-state index in [2.05, 4.69) is 20.5 Å². The van der Waals surface area contributed by atoms with E-state index in [4.69, 9.17) is 9.72 Å². The van der Waals surface area contributed by atoms with Crippen LogP contribution in [0, 0.1) is 0 Å². The second-order valence-electron chi connectivity index (χ2n) is 8.47. The van der Waals surface area contributed by atoms with Crippen molar-refractivity contribution in [3.8, 4) is 0 Å². The van der Waals surface area contributed by atoms with E-state index in [1.54, 1.807) is 18.5 Å². The Labute approximate surface area is 210 Å². The molecule has 6 rings (SSSR count). The summed E-state index contributed by atoms with van der Waals surface area (Å²) in [4.78, 5) is 38.6. The van der Waals surface area contributed by atoms with Crippen molar-refractivity contribution in [1.29, 1.82) is 0 Å². The van der Waals surface area contributed by atoms with Gasteiger partial charge in [-0.15, -0.1) is 11.3 Å². The molecular weight excluding hydrogens is 476 g/mol. The van der Waals surface area contributed by atoms with Crippen LogP contribution in [0.5, 0.6) is 0 Å². The number of benzene rings is 1. The molecule has 0 radical (unpaired) electrons. The highest BCUT2D eigenvalue weighted by molar-refractivity contribution is 7.24. The van der Waals surface area contributed by atoms with Gasteiger partial charge in [-0.1, -0.05) is 12.1 Å². The first-order valence-corrected chi connectivity index (χ1v) is 12.6. The van der Waals surface area contributed by atoms with Crippen molar-refractivity contribution >= 4 is 54.8 Å². The maximum atomic E-state index is 13.6. The van der Waals surface area contributed by atoms with Crippen LogP contribution in [-0.2, 0) is 4.74 Å². The number of rotatable bonds is 6. The van der Waals surface area contributed by atoms with E-state index in [0.29, 0.717) is 42.2 Å². The predicted molar refractivity (Wildman–Crippen MR) is 142 cm³/mol. The predicted octanol–water partition coefficient (Wildman–Crippen LogP) is 3.14. The standard InChI is InChI=1S/C26H24N6O3S/c33-23-18-5-6-21(31-13-15-35-16-14-31)30-24(18)32-19-3-1-2-4-20(19)36-26(32)22(23)25(34)29-12-11-28-17-7-9-27-10-8-17/h1-10H,11-16H2,(H,27,28)(H,29,34). The number of amides is 1. The third-order valence-electron chi connectivity index (χ3n) is 6.26. The molecule has 1 fully saturated rings. The minimum Gasteiger partial charge on any atom is -0.383 e. The highest BCUT2D eigenvalue weighted by Crippen LogP contribution is 2.31. The van der Waals surface area contributed by atoms with Crippen LogP contribution in [0.3, 0.4) is 0 Å². The second kappa shape index (κ2) is 9.56. The summed E-state index contributed by atoms with van der Waals surface area (Å²) in [5.74, 6) is 0.411. The fourth-order valence-electron chi connectivity index (χ4n) is 4.49. The van der Waals surface area contributed by atoms with E-state index in [-0.39, 0.29) is 16.9 Å². The average Bonchev–Trinajstić information content (AvgIpc) is 3.31. The first kappa shape index (κ1) is 22.4. The number of thiazole rings is 1. The molecule has 10 heteroatoms. The number of carbonyl (C=O) groups is 1. The van der Waals surface area contributed by atoms with Crippen LogP contribution >= 0.6 is 11.3 Å². The molecule has 0 spiro atoms. The van der Waals surface area contributed by atoms with E-state index in [1.165, 1.54) is 11.3 Å². The van der Waals surface area contributed by atoms with Gasteiger partial charge in [0.1, 0.15) is 16.2 Å². The number of pyridine rings is 3. The average molecular weight is 501 g/mol. The highest BCUT2D eigenvalue weighted by Gasteiger charge is 2.23. The molecule has 0 bridgehead atoms. The molecule has 2 N–H and O–H groups in total. The fourth-order valence-corrected chi connectivity index (χ4v) is 5.67. The summed E-state index contributed by atoms with van der Waals surface area (Å²) in [5, 5.41) is 6.56. The lowest BCUT2D eigenvalue weighted by molar-refractivity contribution is 0.0956. The van der Waals surface area contributed by atoms with Crippen molar-refractivity contribution in [2.45, 2.75) is 0 Å². The molecule has 9 nitrogen and oxygen atoms in total. The van der Waals surface area contributed by atoms with E-state index < -0.39 is 0 Å². The summed E-state index contributed by atoms with van der Waals surface area (Å²) < 4.78 is 8.41. The molecular formula is C26H24N6O3S. The highest BCUT2D eigenvalue weighted by atomic mass is 32.1. The summed E-state index contributed by atoms with van der Waals surface area (Å²) in [5.41, 5.74) is 2.24. The van der Waals surface area contributed by atoms with Crippen LogP contribution in [0.4, 0.5) is 11.5 Å². The molecule has 1 saturated heterocycles. The molecule has 0 unspecified atom stereocenters. The third kappa shape index (κ3) is 4.04. The zero-order valence-electron chi connectivity index (χ0n) is 19.4. The van der Waals surface area contributed by atoms with Gasteiger partial charge in [-0.25, -0.2) is 4.98 Å². The van der Waals surface area contributed by atoms with Gasteiger partial charge < -0.3 is 20.3 Å². The van der Waals surface area contributed by atoms with E-state index in [1.807, 2.05) is 46.9 Å². The molecule has 1 amide bonds. The van der Waals surface area contributed by atoms with Crippen molar-refractivity contribution in [3.05, 3.63) is 76.7 Å². The molecule has 0 saturated carbocycles. The molecule has 5 heterocycles. The number of hydrogen-bond donors (Lipinski definition) is 2. The number of aromatic nitrogens is 3. The molecule has 0 atom stereocenters. The van der Waals surface area contributed by atoms with Crippen molar-refractivity contribution < 1.29 is 9.53 Å². The summed E-state index contributed by atoms with van der Waals surface area (Å²) in [7, 11) is 0. The topological polar surface area (TPSA) is 101 Å². The Kier molecular flexibility index (Phi) is 5.96. The smallest absolute Gasteiger partial charge is 0.258 e. The molecule has 1 aliphatic rings. The van der Waals surface area contributed by atoms with Crippen molar-refractivity contribution in [2.75, 3.05) is 49.6 Å². The van der Waals surface area contributed by atoms with Gasteiger partial charge in [-0.3, -0.25) is 19.0 Å². The maximum absolute atomic E-state index is 13.6. The Morgan fingerprint density at radius 2 is 1.83 bits per heavy atom. The lowest BCUT2D eigenvalue weighted by Gasteiger charge is -2.27. The van der Waals surface area contributed by atoms with Crippen LogP contribution in [-0.4, -0.2) is 59.7 Å². The number of hydrogen-bond acceptors (Lipinski definition) is 8. The Hall–Kier alpha value is -4.02. The molecule has 1 aromatic carbocycles. The molecule has 4 aromatic heterocycles. The molecule has 182 valence electrons. The van der Waals surface area contributed by atoms with Gasteiger partial charge in [0.25, 0.3) is 5.91 Å². The van der Waals surface area contributed by atoms with Gasteiger partial charge in [0.15, 0.2) is 5.65 Å². The van der Waals surface area contributed by atoms with Crippen LogP contribution < -0.4 is 21.0 Å². The summed E-state index contributed by atoms with van der Waals surface area (Å²) in [6.45, 7) is 3.66. The van der Waals surface area contributed by atoms with Gasteiger partial charge in [0.05, 0.1) is 28.8 Å². The minimum atomic E-state index is -0.389. The number of carbonyl (C=O) groups excluding carboxylic acids is 1. The van der Waals surface area contributed by atoms with Gasteiger partial charge in [0.2, 0.25) is 5.43 Å². The van der Waals surface area contributed by atoms with Crippen LogP contribution in [0.2, 0.25) is 0 Å².